The Morgan fingerprint density at radius 1 is 0.700 bits per heavy atom. The number of benzene rings is 4. The number of methoxy groups -OCH3 is 1. The molecule has 0 saturated carbocycles. The monoisotopic (exact) mass is 397 g/mol. The Bertz CT molecular complexity index is 1200. The molecule has 0 fully saturated rings. The Labute approximate surface area is 173 Å². The Kier molecular flexibility index (Phi) is 5.44. The van der Waals surface area contributed by atoms with E-state index in [1.807, 2.05) is 36.4 Å². The van der Waals surface area contributed by atoms with Crippen molar-refractivity contribution in [1.29, 1.82) is 0 Å². The molecule has 0 aliphatic rings. The zero-order valence-corrected chi connectivity index (χ0v) is 16.3. The fourth-order valence-electron chi connectivity index (χ4n) is 3.05. The van der Waals surface area contributed by atoms with Gasteiger partial charge in [0.05, 0.1) is 12.7 Å². The molecule has 0 bridgehead atoms. The van der Waals surface area contributed by atoms with Crippen LogP contribution in [0.3, 0.4) is 0 Å². The molecule has 0 heterocycles. The Balaban J connectivity index is 1.42. The quantitative estimate of drug-likeness (QED) is 0.441. The first-order valence-corrected chi connectivity index (χ1v) is 9.39. The summed E-state index contributed by atoms with van der Waals surface area (Å²) in [6.45, 7) is 0. The van der Waals surface area contributed by atoms with Crippen LogP contribution in [0.1, 0.15) is 20.7 Å². The second-order valence-corrected chi connectivity index (χ2v) is 6.66. The molecule has 148 valence electrons. The zero-order chi connectivity index (χ0) is 20.9. The largest absolute Gasteiger partial charge is 0.465 e. The topological polar surface area (TPSA) is 64.6 Å². The van der Waals surface area contributed by atoms with Gasteiger partial charge < -0.3 is 14.8 Å². The molecule has 0 aliphatic carbocycles. The molecule has 1 N–H and O–H groups in total. The Hall–Kier alpha value is -4.12. The number of hydrogen-bond donors (Lipinski definition) is 1. The van der Waals surface area contributed by atoms with E-state index >= 15 is 0 Å². The Morgan fingerprint density at radius 3 is 2.03 bits per heavy atom. The van der Waals surface area contributed by atoms with Crippen LogP contribution < -0.4 is 10.1 Å². The average molecular weight is 397 g/mol. The van der Waals surface area contributed by atoms with Crippen LogP contribution in [-0.2, 0) is 4.74 Å². The first-order valence-electron chi connectivity index (χ1n) is 9.39. The molecule has 5 nitrogen and oxygen atoms in total. The maximum absolute atomic E-state index is 12.5. The zero-order valence-electron chi connectivity index (χ0n) is 16.3. The number of carbonyl (C=O) groups is 2. The van der Waals surface area contributed by atoms with Gasteiger partial charge in [-0.15, -0.1) is 0 Å². The number of rotatable bonds is 5. The molecule has 0 radical (unpaired) electrons. The molecular weight excluding hydrogens is 378 g/mol. The molecule has 0 spiro atoms. The normalized spacial score (nSPS) is 10.4. The van der Waals surface area contributed by atoms with E-state index in [0.29, 0.717) is 22.6 Å². The lowest BCUT2D eigenvalue weighted by Crippen LogP contribution is -2.12. The molecule has 1 amide bonds. The molecule has 0 unspecified atom stereocenters. The van der Waals surface area contributed by atoms with Crippen molar-refractivity contribution in [1.82, 2.24) is 0 Å². The summed E-state index contributed by atoms with van der Waals surface area (Å²) in [5.74, 6) is 0.703. The van der Waals surface area contributed by atoms with E-state index in [4.69, 9.17) is 4.74 Å². The standard InChI is InChI=1S/C25H19NO4/c1-29-25(28)19-6-11-21(12-7-19)26-24(27)18-9-13-22(14-10-18)30-23-15-8-17-4-2-3-5-20(17)16-23/h2-16H,1H3,(H,26,27). The Morgan fingerprint density at radius 2 is 1.33 bits per heavy atom. The minimum absolute atomic E-state index is 0.252. The third-order valence-corrected chi connectivity index (χ3v) is 4.64. The van der Waals surface area contributed by atoms with Gasteiger partial charge in [-0.3, -0.25) is 4.79 Å². The second kappa shape index (κ2) is 8.49. The second-order valence-electron chi connectivity index (χ2n) is 6.66. The molecule has 5 heteroatoms. The highest BCUT2D eigenvalue weighted by Crippen LogP contribution is 2.26. The van der Waals surface area contributed by atoms with Crippen LogP contribution in [0.5, 0.6) is 11.5 Å². The molecule has 4 aromatic carbocycles. The van der Waals surface area contributed by atoms with Crippen LogP contribution >= 0.6 is 0 Å². The number of fused-ring (bicyclic) bond motifs is 1. The highest BCUT2D eigenvalue weighted by Gasteiger charge is 2.09. The molecule has 30 heavy (non-hydrogen) atoms. The first-order chi connectivity index (χ1) is 14.6. The van der Waals surface area contributed by atoms with Crippen LogP contribution in [0.2, 0.25) is 0 Å². The van der Waals surface area contributed by atoms with Crippen molar-refractivity contribution in [3.05, 3.63) is 102 Å². The van der Waals surface area contributed by atoms with E-state index in [1.54, 1.807) is 48.5 Å². The van der Waals surface area contributed by atoms with Crippen molar-refractivity contribution in [2.45, 2.75) is 0 Å². The summed E-state index contributed by atoms with van der Waals surface area (Å²) in [6.07, 6.45) is 0. The van der Waals surface area contributed by atoms with Crippen molar-refractivity contribution in [2.24, 2.45) is 0 Å². The maximum Gasteiger partial charge on any atom is 0.337 e. The van der Waals surface area contributed by atoms with Crippen LogP contribution in [0, 0.1) is 0 Å². The summed E-state index contributed by atoms with van der Waals surface area (Å²) in [5, 5.41) is 5.05. The van der Waals surface area contributed by atoms with Crippen LogP contribution in [0.25, 0.3) is 10.8 Å². The fourth-order valence-corrected chi connectivity index (χ4v) is 3.05. The van der Waals surface area contributed by atoms with E-state index in [0.717, 1.165) is 16.5 Å². The number of carbonyl (C=O) groups excluding carboxylic acids is 2. The van der Waals surface area contributed by atoms with E-state index in [9.17, 15) is 9.59 Å². The van der Waals surface area contributed by atoms with Gasteiger partial charge >= 0.3 is 5.97 Å². The van der Waals surface area contributed by atoms with E-state index < -0.39 is 5.97 Å². The fraction of sp³-hybridized carbons (Fsp3) is 0.0400. The van der Waals surface area contributed by atoms with Crippen molar-refractivity contribution < 1.29 is 19.1 Å². The van der Waals surface area contributed by atoms with Gasteiger partial charge in [0.15, 0.2) is 0 Å². The number of ether oxygens (including phenoxy) is 2. The summed E-state index contributed by atoms with van der Waals surface area (Å²) >= 11 is 0. The van der Waals surface area contributed by atoms with Gasteiger partial charge in [-0.25, -0.2) is 4.79 Å². The third-order valence-electron chi connectivity index (χ3n) is 4.64. The highest BCUT2D eigenvalue weighted by molar-refractivity contribution is 6.04. The van der Waals surface area contributed by atoms with E-state index in [-0.39, 0.29) is 5.91 Å². The first kappa shape index (κ1) is 19.2. The lowest BCUT2D eigenvalue weighted by atomic mass is 10.1. The third kappa shape index (κ3) is 4.31. The van der Waals surface area contributed by atoms with Gasteiger partial charge in [0.1, 0.15) is 11.5 Å². The smallest absolute Gasteiger partial charge is 0.337 e. The van der Waals surface area contributed by atoms with E-state index in [1.165, 1.54) is 7.11 Å². The number of nitrogens with one attached hydrogen (secondary N) is 1. The highest BCUT2D eigenvalue weighted by atomic mass is 16.5. The molecule has 4 aromatic rings. The van der Waals surface area contributed by atoms with Crippen LogP contribution in [-0.4, -0.2) is 19.0 Å². The predicted molar refractivity (Wildman–Crippen MR) is 116 cm³/mol. The summed E-state index contributed by atoms with van der Waals surface area (Å²) in [5.41, 5.74) is 1.51. The lowest BCUT2D eigenvalue weighted by Gasteiger charge is -2.09. The molecular formula is C25H19NO4. The van der Waals surface area contributed by atoms with Gasteiger partial charge in [-0.2, -0.15) is 0 Å². The number of amides is 1. The van der Waals surface area contributed by atoms with Crippen molar-refractivity contribution in [2.75, 3.05) is 12.4 Å². The van der Waals surface area contributed by atoms with Crippen molar-refractivity contribution in [3.63, 3.8) is 0 Å². The molecule has 4 rings (SSSR count). The van der Waals surface area contributed by atoms with Crippen molar-refractivity contribution >= 4 is 28.3 Å². The minimum atomic E-state index is -0.421. The maximum atomic E-state index is 12.5. The number of esters is 1. The number of hydrogen-bond acceptors (Lipinski definition) is 4. The SMILES string of the molecule is COC(=O)c1ccc(NC(=O)c2ccc(Oc3ccc4ccccc4c3)cc2)cc1. The van der Waals surface area contributed by atoms with Crippen LogP contribution in [0.15, 0.2) is 91.0 Å². The van der Waals surface area contributed by atoms with Gasteiger partial charge in [-0.05, 0) is 71.4 Å². The average Bonchev–Trinajstić information content (AvgIpc) is 2.79. The van der Waals surface area contributed by atoms with Gasteiger partial charge in [0, 0.05) is 11.3 Å². The predicted octanol–water partition coefficient (Wildman–Crippen LogP) is 5.67. The molecule has 0 atom stereocenters. The summed E-state index contributed by atoms with van der Waals surface area (Å²) in [4.78, 5) is 23.9. The summed E-state index contributed by atoms with van der Waals surface area (Å²) < 4.78 is 10.6. The van der Waals surface area contributed by atoms with E-state index in [2.05, 4.69) is 16.1 Å². The summed E-state index contributed by atoms with van der Waals surface area (Å²) in [6, 6.07) is 27.4. The van der Waals surface area contributed by atoms with Gasteiger partial charge in [-0.1, -0.05) is 30.3 Å². The molecule has 0 saturated heterocycles. The minimum Gasteiger partial charge on any atom is -0.465 e. The molecule has 0 aliphatic heterocycles. The number of anilines is 1. The van der Waals surface area contributed by atoms with Gasteiger partial charge in [0.2, 0.25) is 0 Å². The summed E-state index contributed by atoms with van der Waals surface area (Å²) in [7, 11) is 1.32. The molecule has 0 aromatic heterocycles. The van der Waals surface area contributed by atoms with Crippen LogP contribution in [0.4, 0.5) is 5.69 Å². The lowest BCUT2D eigenvalue weighted by molar-refractivity contribution is 0.0600. The van der Waals surface area contributed by atoms with Crippen molar-refractivity contribution in [3.8, 4) is 11.5 Å². The van der Waals surface area contributed by atoms with Gasteiger partial charge in [0.25, 0.3) is 5.91 Å².